The number of carboxylic acids is 2. The Kier molecular flexibility index (Phi) is 32.3. The van der Waals surface area contributed by atoms with E-state index in [0.29, 0.717) is 121 Å². The van der Waals surface area contributed by atoms with Crippen molar-refractivity contribution in [3.63, 3.8) is 0 Å². The van der Waals surface area contributed by atoms with Gasteiger partial charge in [0.1, 0.15) is 63.9 Å². The smallest absolute Gasteiger partial charge is 0.339 e. The Morgan fingerprint density at radius 2 is 1.16 bits per heavy atom. The molecule has 0 radical (unpaired) electrons. The highest BCUT2D eigenvalue weighted by Gasteiger charge is 2.40. The molecular formula is C98H111N9O18. The lowest BCUT2D eigenvalue weighted by molar-refractivity contribution is -0.136. The third-order valence-electron chi connectivity index (χ3n) is 24.0. The summed E-state index contributed by atoms with van der Waals surface area (Å²) in [6.45, 7) is 10.6. The third kappa shape index (κ3) is 24.8. The maximum Gasteiger partial charge on any atom is 0.339 e. The molecule has 12 rings (SSSR count). The maximum absolute atomic E-state index is 15.2. The zero-order valence-electron chi connectivity index (χ0n) is 71.0. The van der Waals surface area contributed by atoms with Crippen molar-refractivity contribution in [3.05, 3.63) is 220 Å². The molecule has 656 valence electrons. The number of Topliss-reactive ketones (excluding diaryl/α,β-unsaturated/α-hetero) is 5. The number of ketones is 5. The summed E-state index contributed by atoms with van der Waals surface area (Å²) in [4.78, 5) is 175. The quantitative estimate of drug-likeness (QED) is 0.00732. The molecule has 9 atom stereocenters. The first-order chi connectivity index (χ1) is 59.9. The summed E-state index contributed by atoms with van der Waals surface area (Å²) in [5, 5.41) is 78.4. The van der Waals surface area contributed by atoms with Gasteiger partial charge < -0.3 is 63.0 Å². The third-order valence-corrected chi connectivity index (χ3v) is 24.0. The molecule has 0 bridgehead atoms. The van der Waals surface area contributed by atoms with Crippen molar-refractivity contribution in [1.82, 2.24) is 31.5 Å². The number of phenols is 3. The predicted molar refractivity (Wildman–Crippen MR) is 476 cm³/mol. The number of benzene rings is 7. The number of likely N-dealkylation sites (tertiary alicyclic amines) is 1. The molecule has 125 heavy (non-hydrogen) atoms. The second-order valence-electron chi connectivity index (χ2n) is 33.7. The molecule has 1 saturated carbocycles. The molecule has 0 aromatic heterocycles. The van der Waals surface area contributed by atoms with Crippen LogP contribution >= 0.6 is 0 Å². The van der Waals surface area contributed by atoms with E-state index in [0.717, 1.165) is 44.5 Å². The number of aliphatic imine (C=N–C) groups is 2. The second-order valence-corrected chi connectivity index (χ2v) is 33.7. The number of hydrogen-bond acceptors (Lipinski definition) is 19. The first-order valence-corrected chi connectivity index (χ1v) is 42.7. The largest absolute Gasteiger partial charge is 0.508 e. The Bertz CT molecular complexity index is 5340. The van der Waals surface area contributed by atoms with Gasteiger partial charge in [0, 0.05) is 92.8 Å². The fourth-order valence-corrected chi connectivity index (χ4v) is 17.4. The number of fused-ring (bicyclic) bond motifs is 4. The number of hydrogen-bond donors (Lipinski definition) is 12. The summed E-state index contributed by atoms with van der Waals surface area (Å²) in [6, 6.07) is 32.4. The number of carboxylic acid groups (broad SMARTS) is 2. The number of aromatic hydroxyl groups is 3. The lowest BCUT2D eigenvalue weighted by Gasteiger charge is -2.29. The number of phenolic OH excluding ortho intramolecular Hbond substituents is 1. The Hall–Kier alpha value is -12.9. The SMILES string of the molecule is C=C(CC(CC1=CN=CC1)C(=O)CC(CC1=CCc2ccccc21)C(=O)NC(CO)C(=O)CC(Cc1ccc(O)cc1)C(=O)NC(CC1=CCc2ccccc21)C(=O)NC(CC(C)C)C(=O)NC(CCCN=C(C)N)C(=O)CN1CCCC1C(=O)NCC(C)=O)C1CCC(=O)C1.O=C(O)c1cc2ccccc2c(Cc2c(O)c(C(=O)O)cc3ccccc23)c1O. The number of aliphatic hydroxyl groups excluding tert-OH is 1. The summed E-state index contributed by atoms with van der Waals surface area (Å²) in [5.41, 5.74) is 13.7. The first-order valence-electron chi connectivity index (χ1n) is 42.7. The van der Waals surface area contributed by atoms with Crippen LogP contribution in [0.3, 0.4) is 0 Å². The van der Waals surface area contributed by atoms with Gasteiger partial charge in [0.25, 0.3) is 0 Å². The van der Waals surface area contributed by atoms with Crippen molar-refractivity contribution in [1.29, 1.82) is 0 Å². The molecular weight excluding hydrogens is 1590 g/mol. The average molecular weight is 1700 g/mol. The maximum atomic E-state index is 15.2. The van der Waals surface area contributed by atoms with E-state index >= 15 is 9.59 Å². The Morgan fingerprint density at radius 3 is 1.72 bits per heavy atom. The van der Waals surface area contributed by atoms with Crippen LogP contribution in [0.4, 0.5) is 0 Å². The van der Waals surface area contributed by atoms with E-state index in [9.17, 15) is 78.6 Å². The van der Waals surface area contributed by atoms with E-state index in [4.69, 9.17) is 5.73 Å². The predicted octanol–water partition coefficient (Wildman–Crippen LogP) is 11.1. The molecule has 5 aliphatic rings. The highest BCUT2D eigenvalue weighted by Crippen LogP contribution is 2.42. The van der Waals surface area contributed by atoms with Crippen LogP contribution in [0.2, 0.25) is 0 Å². The molecule has 7 aromatic carbocycles. The summed E-state index contributed by atoms with van der Waals surface area (Å²) >= 11 is 0. The second kappa shape index (κ2) is 43.4. The van der Waals surface area contributed by atoms with Crippen LogP contribution in [0.1, 0.15) is 184 Å². The zero-order valence-corrected chi connectivity index (χ0v) is 71.0. The molecule has 2 heterocycles. The molecule has 9 unspecified atom stereocenters. The minimum absolute atomic E-state index is 0.0407. The Balaban J connectivity index is 0.000000437. The molecule has 0 spiro atoms. The number of rotatable bonds is 42. The van der Waals surface area contributed by atoms with Crippen molar-refractivity contribution in [2.75, 3.05) is 32.8 Å². The van der Waals surface area contributed by atoms with Gasteiger partial charge in [0.05, 0.1) is 37.6 Å². The van der Waals surface area contributed by atoms with Crippen LogP contribution in [-0.2, 0) is 73.6 Å². The van der Waals surface area contributed by atoms with Gasteiger partial charge in [0.15, 0.2) is 11.6 Å². The molecule has 27 nitrogen and oxygen atoms in total. The summed E-state index contributed by atoms with van der Waals surface area (Å²) in [7, 11) is 0. The van der Waals surface area contributed by atoms with Gasteiger partial charge in [-0.05, 0) is 200 Å². The highest BCUT2D eigenvalue weighted by molar-refractivity contribution is 6.04. The van der Waals surface area contributed by atoms with Crippen LogP contribution < -0.4 is 32.3 Å². The number of aliphatic hydroxyl groups is 1. The standard InChI is InChI=1S/C75H95N9O12.C23H16O6/c1-45(2)32-64(73(94)80-63(16-10-29-78-48(5)76)70(91)43-84-31-11-17-67(84)75(96)79-41-47(4)86)82-74(95)65(38-55-23-21-52-13-7-9-15-62(52)55)81-71(92)57(34-49-18-25-59(87)26-19-49)40-69(90)66(44-85)83-72(93)58(36-54-22-20-51-12-6-8-14-61(51)54)39-68(89)56(35-50-28-30-77-42-50)33-46(3)53-24-27-60(88)37-53;24-20-16(14-7-3-1-5-12(14)9-18(20)22(26)27)11-17-15-8-4-2-6-13(15)10-19(21(17)25)23(28)29/h6-9,12-15,18-19,22-23,25-26,30,42,45,53,56-58,63-67,85,87H,3,10-11,16-17,20-21,24,27-29,31-41,43-44H2,1-2,4-5H3,(H2,76,78)(H,79,96)(H,80,94)(H,81,92)(H,82,95)(H,83,93);1-10,24-25H,11H2,(H,26,27)(H,28,29). The molecule has 5 amide bonds. The molecule has 27 heteroatoms. The fourth-order valence-electron chi connectivity index (χ4n) is 17.4. The van der Waals surface area contributed by atoms with Crippen molar-refractivity contribution >= 4 is 115 Å². The number of nitrogens with zero attached hydrogens (tertiary/aromatic N) is 3. The molecule has 13 N–H and O–H groups in total. The summed E-state index contributed by atoms with van der Waals surface area (Å²) in [5.74, 6) is -10.6. The number of amidine groups is 1. The molecule has 7 aromatic rings. The minimum Gasteiger partial charge on any atom is -0.508 e. The van der Waals surface area contributed by atoms with Crippen LogP contribution in [0.25, 0.3) is 32.7 Å². The van der Waals surface area contributed by atoms with Gasteiger partial charge in [-0.2, -0.15) is 0 Å². The molecule has 1 saturated heterocycles. The van der Waals surface area contributed by atoms with Crippen molar-refractivity contribution < 1.29 is 88.2 Å². The average Bonchev–Trinajstić information content (AvgIpc) is 1.18. The van der Waals surface area contributed by atoms with E-state index in [1.54, 1.807) is 84.9 Å². The minimum atomic E-state index is -1.54. The first kappa shape index (κ1) is 92.8. The van der Waals surface area contributed by atoms with E-state index in [-0.39, 0.29) is 122 Å². The van der Waals surface area contributed by atoms with E-state index in [1.165, 1.54) is 31.2 Å². The number of aromatic carboxylic acids is 2. The van der Waals surface area contributed by atoms with Gasteiger partial charge in [-0.3, -0.25) is 62.8 Å². The normalized spacial score (nSPS) is 17.0. The van der Waals surface area contributed by atoms with Crippen molar-refractivity contribution in [3.8, 4) is 17.2 Å². The van der Waals surface area contributed by atoms with Gasteiger partial charge in [-0.25, -0.2) is 9.59 Å². The van der Waals surface area contributed by atoms with E-state index in [2.05, 4.69) is 43.1 Å². The van der Waals surface area contributed by atoms with Crippen LogP contribution in [0.15, 0.2) is 180 Å². The lowest BCUT2D eigenvalue weighted by Crippen LogP contribution is -2.57. The topological polar surface area (TPSA) is 440 Å². The Morgan fingerprint density at radius 1 is 0.608 bits per heavy atom. The van der Waals surface area contributed by atoms with Crippen molar-refractivity contribution in [2.24, 2.45) is 45.3 Å². The number of carbonyl (C=O) groups excluding carboxylic acids is 10. The van der Waals surface area contributed by atoms with Gasteiger partial charge in [-0.1, -0.05) is 147 Å². The van der Waals surface area contributed by atoms with Gasteiger partial charge in [-0.15, -0.1) is 0 Å². The zero-order chi connectivity index (χ0) is 89.7. The van der Waals surface area contributed by atoms with E-state index in [1.807, 2.05) is 74.5 Å². The van der Waals surface area contributed by atoms with E-state index < -0.39 is 114 Å². The highest BCUT2D eigenvalue weighted by atomic mass is 16.4. The van der Waals surface area contributed by atoms with Crippen LogP contribution in [-0.4, -0.2) is 181 Å². The monoisotopic (exact) mass is 1700 g/mol. The van der Waals surface area contributed by atoms with Crippen molar-refractivity contribution in [2.45, 2.75) is 180 Å². The molecule has 2 aliphatic heterocycles. The van der Waals surface area contributed by atoms with Gasteiger partial charge in [0.2, 0.25) is 29.5 Å². The summed E-state index contributed by atoms with van der Waals surface area (Å²) < 4.78 is 0. The van der Waals surface area contributed by atoms with Crippen LogP contribution in [0, 0.1) is 29.6 Å². The number of amides is 5. The summed E-state index contributed by atoms with van der Waals surface area (Å²) in [6.07, 6.45) is 12.4. The number of nitrogens with two attached hydrogens (primary N) is 1. The molecule has 2 fully saturated rings. The number of carbonyl (C=O) groups is 12. The van der Waals surface area contributed by atoms with Gasteiger partial charge >= 0.3 is 11.9 Å². The fraction of sp³-hybridized carbons (Fsp3) is 0.388. The van der Waals surface area contributed by atoms with Crippen LogP contribution in [0.5, 0.6) is 17.2 Å². The number of nitrogens with one attached hydrogen (secondary N) is 5. The Labute approximate surface area is 725 Å². The number of allylic oxidation sites excluding steroid dienone is 5. The molecule has 3 aliphatic carbocycles. The lowest BCUT2D eigenvalue weighted by atomic mass is 9.80.